The largest absolute Gasteiger partial charge is 0.382 e. The number of hydrogen-bond acceptors (Lipinski definition) is 3. The summed E-state index contributed by atoms with van der Waals surface area (Å²) in [5, 5.41) is 2.65. The van der Waals surface area contributed by atoms with Gasteiger partial charge in [0.15, 0.2) is 0 Å². The second-order valence-electron chi connectivity index (χ2n) is 2.10. The zero-order valence-electron chi connectivity index (χ0n) is 7.34. The maximum Gasteiger partial charge on any atom is 0.233 e. The summed E-state index contributed by atoms with van der Waals surface area (Å²) in [7, 11) is 0. The Balaban J connectivity index is 0. The average molecular weight is 197 g/mol. The fourth-order valence-corrected chi connectivity index (χ4v) is 0.619. The number of ether oxygens (including phenoxy) is 1. The summed E-state index contributed by atoms with van der Waals surface area (Å²) < 4.78 is 5.07. The molecule has 0 heterocycles. The van der Waals surface area contributed by atoms with E-state index in [0.717, 1.165) is 13.0 Å². The van der Waals surface area contributed by atoms with E-state index in [2.05, 4.69) is 5.32 Å². The third-order valence-corrected chi connectivity index (χ3v) is 1.18. The summed E-state index contributed by atoms with van der Waals surface area (Å²) in [5.41, 5.74) is 5.07. The van der Waals surface area contributed by atoms with E-state index in [1.54, 1.807) is 0 Å². The Kier molecular flexibility index (Phi) is 12.7. The van der Waals surface area contributed by atoms with E-state index in [9.17, 15) is 4.79 Å². The fraction of sp³-hybridized carbons (Fsp3) is 0.857. The molecule has 1 amide bonds. The molecule has 0 saturated heterocycles. The molecule has 12 heavy (non-hydrogen) atoms. The molecule has 3 N–H and O–H groups in total. The van der Waals surface area contributed by atoms with Crippen LogP contribution >= 0.6 is 12.4 Å². The van der Waals surface area contributed by atoms with Gasteiger partial charge < -0.3 is 15.8 Å². The smallest absolute Gasteiger partial charge is 0.233 e. The van der Waals surface area contributed by atoms with Crippen LogP contribution in [0.2, 0.25) is 0 Å². The van der Waals surface area contributed by atoms with E-state index in [1.807, 2.05) is 6.92 Å². The maximum absolute atomic E-state index is 10.6. The van der Waals surface area contributed by atoms with Crippen LogP contribution in [0.3, 0.4) is 0 Å². The van der Waals surface area contributed by atoms with E-state index in [1.165, 1.54) is 0 Å². The summed E-state index contributed by atoms with van der Waals surface area (Å²) in [4.78, 5) is 10.6. The molecule has 0 fully saturated rings. The Hall–Kier alpha value is -0.320. The molecule has 0 aromatic carbocycles. The highest BCUT2D eigenvalue weighted by molar-refractivity contribution is 5.85. The fourth-order valence-electron chi connectivity index (χ4n) is 0.619. The normalized spacial score (nSPS) is 8.83. The van der Waals surface area contributed by atoms with E-state index >= 15 is 0 Å². The lowest BCUT2D eigenvalue weighted by Crippen LogP contribution is -2.31. The van der Waals surface area contributed by atoms with Gasteiger partial charge in [0.2, 0.25) is 5.91 Å². The first-order valence-corrected chi connectivity index (χ1v) is 3.85. The Morgan fingerprint density at radius 1 is 1.58 bits per heavy atom. The highest BCUT2D eigenvalue weighted by atomic mass is 35.5. The second-order valence-corrected chi connectivity index (χ2v) is 2.10. The molecule has 74 valence electrons. The third-order valence-electron chi connectivity index (χ3n) is 1.18. The van der Waals surface area contributed by atoms with Crippen LogP contribution in [0.15, 0.2) is 0 Å². The van der Waals surface area contributed by atoms with Crippen molar-refractivity contribution in [1.29, 1.82) is 0 Å². The van der Waals surface area contributed by atoms with Crippen molar-refractivity contribution < 1.29 is 9.53 Å². The molecule has 0 aromatic heterocycles. The molecule has 5 heteroatoms. The van der Waals surface area contributed by atoms with Gasteiger partial charge in [-0.3, -0.25) is 4.79 Å². The zero-order valence-corrected chi connectivity index (χ0v) is 8.15. The molecule has 0 atom stereocenters. The van der Waals surface area contributed by atoms with Gasteiger partial charge in [0.25, 0.3) is 0 Å². The molecule has 4 nitrogen and oxygen atoms in total. The maximum atomic E-state index is 10.6. The minimum absolute atomic E-state index is 0. The molecule has 0 aliphatic rings. The highest BCUT2D eigenvalue weighted by Crippen LogP contribution is 1.79. The summed E-state index contributed by atoms with van der Waals surface area (Å²) in [6, 6.07) is 0. The lowest BCUT2D eigenvalue weighted by Gasteiger charge is -2.02. The van der Waals surface area contributed by atoms with Crippen LogP contribution < -0.4 is 11.1 Å². The molecule has 0 aromatic rings. The van der Waals surface area contributed by atoms with Crippen LogP contribution in [0, 0.1) is 0 Å². The Morgan fingerprint density at radius 3 is 2.75 bits per heavy atom. The van der Waals surface area contributed by atoms with Crippen molar-refractivity contribution >= 4 is 18.3 Å². The first kappa shape index (κ1) is 14.2. The minimum atomic E-state index is -0.110. The molecule has 0 bridgehead atoms. The van der Waals surface area contributed by atoms with Gasteiger partial charge in [0.05, 0.1) is 6.54 Å². The van der Waals surface area contributed by atoms with Crippen molar-refractivity contribution in [3.63, 3.8) is 0 Å². The molecule has 0 aliphatic carbocycles. The van der Waals surface area contributed by atoms with Crippen molar-refractivity contribution in [2.75, 3.05) is 26.3 Å². The van der Waals surface area contributed by atoms with Crippen molar-refractivity contribution in [2.45, 2.75) is 13.3 Å². The van der Waals surface area contributed by atoms with Crippen LogP contribution in [-0.4, -0.2) is 32.2 Å². The number of carbonyl (C=O) groups is 1. The third kappa shape index (κ3) is 9.68. The standard InChI is InChI=1S/C7H16N2O2.ClH/c1-2-11-5-3-4-9-7(10)6-8;/h2-6,8H2,1H3,(H,9,10);1H. The topological polar surface area (TPSA) is 64.3 Å². The zero-order chi connectivity index (χ0) is 8.53. The van der Waals surface area contributed by atoms with Gasteiger partial charge in [-0.15, -0.1) is 12.4 Å². The van der Waals surface area contributed by atoms with Crippen molar-refractivity contribution in [3.8, 4) is 0 Å². The second kappa shape index (κ2) is 10.7. The summed E-state index contributed by atoms with van der Waals surface area (Å²) >= 11 is 0. The van der Waals surface area contributed by atoms with E-state index < -0.39 is 0 Å². The molecule has 0 rings (SSSR count). The number of nitrogens with two attached hydrogens (primary N) is 1. The summed E-state index contributed by atoms with van der Waals surface area (Å²) in [6.07, 6.45) is 0.847. The van der Waals surface area contributed by atoms with Crippen molar-refractivity contribution in [3.05, 3.63) is 0 Å². The van der Waals surface area contributed by atoms with Gasteiger partial charge in [-0.05, 0) is 13.3 Å². The number of nitrogens with one attached hydrogen (secondary N) is 1. The predicted octanol–water partition coefficient (Wildman–Crippen LogP) is -0.0903. The molecule has 0 radical (unpaired) electrons. The molecule has 0 unspecified atom stereocenters. The van der Waals surface area contributed by atoms with E-state index in [0.29, 0.717) is 13.2 Å². The molecule has 0 spiro atoms. The van der Waals surface area contributed by atoms with Gasteiger partial charge in [0.1, 0.15) is 0 Å². The van der Waals surface area contributed by atoms with Gasteiger partial charge in [-0.25, -0.2) is 0 Å². The Labute approximate surface area is 79.2 Å². The van der Waals surface area contributed by atoms with Crippen LogP contribution in [0.1, 0.15) is 13.3 Å². The highest BCUT2D eigenvalue weighted by Gasteiger charge is 1.93. The van der Waals surface area contributed by atoms with E-state index in [4.69, 9.17) is 10.5 Å². The van der Waals surface area contributed by atoms with Crippen LogP contribution in [0.25, 0.3) is 0 Å². The quantitative estimate of drug-likeness (QED) is 0.584. The number of carbonyl (C=O) groups excluding carboxylic acids is 1. The number of rotatable bonds is 6. The molecule has 0 saturated carbocycles. The van der Waals surface area contributed by atoms with Gasteiger partial charge in [-0.1, -0.05) is 0 Å². The monoisotopic (exact) mass is 196 g/mol. The number of halogens is 1. The Bertz CT molecular complexity index is 112. The van der Waals surface area contributed by atoms with Crippen LogP contribution in [0.4, 0.5) is 0 Å². The van der Waals surface area contributed by atoms with Crippen molar-refractivity contribution in [2.24, 2.45) is 5.73 Å². The SMILES string of the molecule is CCOCCCNC(=O)CN.Cl. The van der Waals surface area contributed by atoms with Gasteiger partial charge in [-0.2, -0.15) is 0 Å². The average Bonchev–Trinajstić information content (AvgIpc) is 2.04. The molecule has 0 aliphatic heterocycles. The predicted molar refractivity (Wildman–Crippen MR) is 50.4 cm³/mol. The summed E-state index contributed by atoms with van der Waals surface area (Å²) in [6.45, 7) is 4.08. The molecular formula is C7H17ClN2O2. The first-order chi connectivity index (χ1) is 5.31. The van der Waals surface area contributed by atoms with Gasteiger partial charge in [0, 0.05) is 19.8 Å². The minimum Gasteiger partial charge on any atom is -0.382 e. The number of amides is 1. The van der Waals surface area contributed by atoms with Crippen LogP contribution in [0.5, 0.6) is 0 Å². The lowest BCUT2D eigenvalue weighted by atomic mass is 10.4. The first-order valence-electron chi connectivity index (χ1n) is 3.85. The van der Waals surface area contributed by atoms with Crippen molar-refractivity contribution in [1.82, 2.24) is 5.32 Å². The molecular weight excluding hydrogens is 180 g/mol. The lowest BCUT2D eigenvalue weighted by molar-refractivity contribution is -0.119. The van der Waals surface area contributed by atoms with E-state index in [-0.39, 0.29) is 24.9 Å². The van der Waals surface area contributed by atoms with Crippen LogP contribution in [-0.2, 0) is 9.53 Å². The Morgan fingerprint density at radius 2 is 2.25 bits per heavy atom. The number of hydrogen-bond donors (Lipinski definition) is 2. The van der Waals surface area contributed by atoms with Gasteiger partial charge >= 0.3 is 0 Å². The summed E-state index contributed by atoms with van der Waals surface area (Å²) in [5.74, 6) is -0.110.